The van der Waals surface area contributed by atoms with Crippen LogP contribution >= 0.6 is 0 Å². The summed E-state index contributed by atoms with van der Waals surface area (Å²) in [4.78, 5) is 44.2. The number of fused-ring (bicyclic) bond motifs is 1. The molecule has 1 fully saturated rings. The Morgan fingerprint density at radius 3 is 2.58 bits per heavy atom. The molecule has 1 aliphatic rings. The summed E-state index contributed by atoms with van der Waals surface area (Å²) in [6.45, 7) is 4.88. The van der Waals surface area contributed by atoms with E-state index < -0.39 is 29.4 Å². The molecule has 1 saturated heterocycles. The van der Waals surface area contributed by atoms with Crippen LogP contribution in [-0.2, 0) is 23.8 Å². The first kappa shape index (κ1) is 17.5. The topological polar surface area (TPSA) is 104 Å². The van der Waals surface area contributed by atoms with E-state index in [-0.39, 0.29) is 12.3 Å². The van der Waals surface area contributed by atoms with Gasteiger partial charge in [0.1, 0.15) is 0 Å². The summed E-state index contributed by atoms with van der Waals surface area (Å²) in [7, 11) is 0. The maximum atomic E-state index is 12.0. The number of pyridine rings is 1. The fraction of sp³-hybridized carbons (Fsp3) is 0.278. The lowest BCUT2D eigenvalue weighted by molar-refractivity contribution is -0.214. The molecule has 2 heterocycles. The van der Waals surface area contributed by atoms with Crippen LogP contribution in [0, 0.1) is 0 Å². The lowest BCUT2D eigenvalue weighted by atomic mass is 10.1. The number of ether oxygens (including phenoxy) is 3. The van der Waals surface area contributed by atoms with Crippen molar-refractivity contribution in [3.8, 4) is 0 Å². The van der Waals surface area contributed by atoms with E-state index in [0.717, 1.165) is 0 Å². The highest BCUT2D eigenvalue weighted by atomic mass is 16.7. The molecule has 26 heavy (non-hydrogen) atoms. The summed E-state index contributed by atoms with van der Waals surface area (Å²) in [5, 5.41) is 0.607. The van der Waals surface area contributed by atoms with Gasteiger partial charge in [-0.3, -0.25) is 4.98 Å². The van der Waals surface area contributed by atoms with Crippen LogP contribution in [0.25, 0.3) is 10.9 Å². The first-order chi connectivity index (χ1) is 12.3. The van der Waals surface area contributed by atoms with Crippen molar-refractivity contribution in [1.29, 1.82) is 0 Å². The lowest BCUT2D eigenvalue weighted by Gasteiger charge is -2.29. The number of esters is 3. The largest absolute Gasteiger partial charge is 0.462 e. The van der Waals surface area contributed by atoms with Crippen molar-refractivity contribution in [3.05, 3.63) is 36.0 Å². The van der Waals surface area contributed by atoms with Gasteiger partial charge in [-0.2, -0.15) is 0 Å². The van der Waals surface area contributed by atoms with E-state index in [9.17, 15) is 14.4 Å². The number of aliphatic imine (C=N–C) groups is 1. The Bertz CT molecular complexity index is 926. The summed E-state index contributed by atoms with van der Waals surface area (Å²) in [6.07, 6.45) is 1.35. The minimum Gasteiger partial charge on any atom is -0.462 e. The van der Waals surface area contributed by atoms with E-state index in [4.69, 9.17) is 14.2 Å². The molecule has 0 radical (unpaired) electrons. The summed E-state index contributed by atoms with van der Waals surface area (Å²) >= 11 is 0. The molecule has 2 aromatic rings. The monoisotopic (exact) mass is 356 g/mol. The van der Waals surface area contributed by atoms with Gasteiger partial charge >= 0.3 is 17.9 Å². The molecule has 0 bridgehead atoms. The number of rotatable bonds is 3. The number of hydrogen-bond acceptors (Lipinski definition) is 8. The van der Waals surface area contributed by atoms with Crippen molar-refractivity contribution in [2.24, 2.45) is 4.99 Å². The summed E-state index contributed by atoms with van der Waals surface area (Å²) < 4.78 is 15.0. The zero-order valence-electron chi connectivity index (χ0n) is 14.4. The van der Waals surface area contributed by atoms with E-state index in [1.54, 1.807) is 31.2 Å². The number of carbonyl (C=O) groups is 3. The van der Waals surface area contributed by atoms with Crippen molar-refractivity contribution in [2.75, 3.05) is 6.61 Å². The van der Waals surface area contributed by atoms with Gasteiger partial charge in [-0.1, -0.05) is 12.1 Å². The average molecular weight is 356 g/mol. The molecule has 134 valence electrons. The van der Waals surface area contributed by atoms with Crippen molar-refractivity contribution in [2.45, 2.75) is 26.6 Å². The Hall–Kier alpha value is -3.29. The molecule has 1 aliphatic heterocycles. The first-order valence-electron chi connectivity index (χ1n) is 7.92. The van der Waals surface area contributed by atoms with Crippen LogP contribution in [0.15, 0.2) is 35.5 Å². The zero-order chi connectivity index (χ0) is 18.9. The van der Waals surface area contributed by atoms with Gasteiger partial charge in [-0.05, 0) is 19.1 Å². The molecule has 0 amide bonds. The van der Waals surface area contributed by atoms with Crippen LogP contribution in [0.5, 0.6) is 0 Å². The second-order valence-corrected chi connectivity index (χ2v) is 5.93. The molecular weight excluding hydrogens is 340 g/mol. The number of benzene rings is 1. The van der Waals surface area contributed by atoms with E-state index >= 15 is 0 Å². The van der Waals surface area contributed by atoms with Crippen molar-refractivity contribution in [3.63, 3.8) is 0 Å². The summed E-state index contributed by atoms with van der Waals surface area (Å²) in [6, 6.07) is 6.59. The van der Waals surface area contributed by atoms with E-state index in [1.807, 2.05) is 0 Å². The molecule has 0 spiro atoms. The first-order valence-corrected chi connectivity index (χ1v) is 7.92. The molecule has 1 aromatic heterocycles. The smallest absolute Gasteiger partial charge is 0.367 e. The molecule has 0 saturated carbocycles. The van der Waals surface area contributed by atoms with Crippen LogP contribution in [-0.4, -0.2) is 41.0 Å². The van der Waals surface area contributed by atoms with Gasteiger partial charge in [-0.25, -0.2) is 19.4 Å². The van der Waals surface area contributed by atoms with Gasteiger partial charge in [0, 0.05) is 25.4 Å². The lowest BCUT2D eigenvalue weighted by Crippen LogP contribution is -2.46. The van der Waals surface area contributed by atoms with Crippen molar-refractivity contribution in [1.82, 2.24) is 4.98 Å². The van der Waals surface area contributed by atoms with E-state index in [0.29, 0.717) is 16.5 Å². The maximum Gasteiger partial charge on any atom is 0.367 e. The molecule has 0 N–H and O–H groups in total. The van der Waals surface area contributed by atoms with Crippen LogP contribution in [0.2, 0.25) is 0 Å². The van der Waals surface area contributed by atoms with E-state index in [2.05, 4.69) is 9.98 Å². The number of hydrogen-bond donors (Lipinski definition) is 0. The minimum absolute atomic E-state index is 0.255. The molecule has 0 atom stereocenters. The van der Waals surface area contributed by atoms with Crippen molar-refractivity contribution < 1.29 is 28.6 Å². The Kier molecular flexibility index (Phi) is 4.41. The Morgan fingerprint density at radius 2 is 1.92 bits per heavy atom. The third-order valence-corrected chi connectivity index (χ3v) is 3.50. The fourth-order valence-electron chi connectivity index (χ4n) is 2.42. The third-order valence-electron chi connectivity index (χ3n) is 3.50. The molecular formula is C18H16N2O6. The van der Waals surface area contributed by atoms with Crippen molar-refractivity contribution >= 4 is 40.2 Å². The SMILES string of the molecule is CCOC(=O)c1cnc2c(N=C3C(=O)OC(C)(C)OC3=O)cccc2c1. The number of para-hydroxylation sites is 1. The van der Waals surface area contributed by atoms with Crippen LogP contribution in [0.3, 0.4) is 0 Å². The predicted octanol–water partition coefficient (Wildman–Crippen LogP) is 2.32. The summed E-state index contributed by atoms with van der Waals surface area (Å²) in [5.74, 6) is -3.56. The minimum atomic E-state index is -1.33. The Morgan fingerprint density at radius 1 is 1.23 bits per heavy atom. The van der Waals surface area contributed by atoms with Crippen LogP contribution in [0.4, 0.5) is 5.69 Å². The maximum absolute atomic E-state index is 12.0. The Labute approximate surface area is 148 Å². The van der Waals surface area contributed by atoms with Gasteiger partial charge in [0.05, 0.1) is 23.4 Å². The predicted molar refractivity (Wildman–Crippen MR) is 91.1 cm³/mol. The van der Waals surface area contributed by atoms with Gasteiger partial charge < -0.3 is 14.2 Å². The number of nitrogens with zero attached hydrogens (tertiary/aromatic N) is 2. The van der Waals surface area contributed by atoms with Gasteiger partial charge in [0.2, 0.25) is 5.71 Å². The Balaban J connectivity index is 2.02. The van der Waals surface area contributed by atoms with Gasteiger partial charge in [-0.15, -0.1) is 0 Å². The fourth-order valence-corrected chi connectivity index (χ4v) is 2.42. The summed E-state index contributed by atoms with van der Waals surface area (Å²) in [5.41, 5.74) is 0.524. The molecule has 1 aromatic carbocycles. The number of cyclic esters (lactones) is 2. The van der Waals surface area contributed by atoms with Gasteiger partial charge in [0.15, 0.2) is 0 Å². The standard InChI is InChI=1S/C18H16N2O6/c1-4-24-15(21)11-8-10-6-5-7-12(13(10)19-9-11)20-14-16(22)25-18(2,3)26-17(14)23/h5-9H,4H2,1-3H3. The average Bonchev–Trinajstić information content (AvgIpc) is 2.57. The molecule has 0 unspecified atom stereocenters. The highest BCUT2D eigenvalue weighted by Crippen LogP contribution is 2.27. The third kappa shape index (κ3) is 3.39. The second-order valence-electron chi connectivity index (χ2n) is 5.93. The molecule has 8 nitrogen and oxygen atoms in total. The second kappa shape index (κ2) is 6.55. The van der Waals surface area contributed by atoms with Crippen LogP contribution in [0.1, 0.15) is 31.1 Å². The quantitative estimate of drug-likeness (QED) is 0.777. The number of aromatic nitrogens is 1. The highest BCUT2D eigenvalue weighted by Gasteiger charge is 2.40. The molecule has 0 aliphatic carbocycles. The van der Waals surface area contributed by atoms with Gasteiger partial charge in [0.25, 0.3) is 5.79 Å². The van der Waals surface area contributed by atoms with E-state index in [1.165, 1.54) is 20.0 Å². The molecule has 3 rings (SSSR count). The van der Waals surface area contributed by atoms with Crippen LogP contribution < -0.4 is 0 Å². The number of carbonyl (C=O) groups excluding carboxylic acids is 3. The zero-order valence-corrected chi connectivity index (χ0v) is 14.4. The highest BCUT2D eigenvalue weighted by molar-refractivity contribution is 6.63. The molecule has 8 heteroatoms. The normalized spacial score (nSPS) is 16.0.